The highest BCUT2D eigenvalue weighted by atomic mass is 35.5. The van der Waals surface area contributed by atoms with Crippen LogP contribution >= 0.6 is 11.6 Å². The molecular formula is C12H11ClN5O+. The molecule has 6 nitrogen and oxygen atoms in total. The number of hydrogen-bond acceptors (Lipinski definition) is 3. The number of carbonyl (C=O) groups is 1. The Kier molecular flexibility index (Phi) is 2.21. The number of nitrogen functional groups attached to an aromatic ring is 1. The van der Waals surface area contributed by atoms with Gasteiger partial charge in [-0.1, -0.05) is 11.6 Å². The number of carbonyl (C=O) groups excluding carboxylic acids is 1. The molecule has 2 heterocycles. The number of aromatic amines is 1. The lowest BCUT2D eigenvalue weighted by molar-refractivity contribution is -0.641. The third-order valence-corrected chi connectivity index (χ3v) is 3.64. The van der Waals surface area contributed by atoms with Crippen LogP contribution < -0.4 is 21.4 Å². The van der Waals surface area contributed by atoms with Crippen molar-refractivity contribution in [1.82, 2.24) is 4.98 Å². The highest BCUT2D eigenvalue weighted by Crippen LogP contribution is 2.30. The summed E-state index contributed by atoms with van der Waals surface area (Å²) in [6, 6.07) is 1.64. The van der Waals surface area contributed by atoms with Gasteiger partial charge in [-0.25, -0.2) is 0 Å². The van der Waals surface area contributed by atoms with Crippen molar-refractivity contribution in [3.05, 3.63) is 28.3 Å². The highest BCUT2D eigenvalue weighted by molar-refractivity contribution is 6.35. The van der Waals surface area contributed by atoms with Crippen molar-refractivity contribution in [1.29, 1.82) is 5.41 Å². The fourth-order valence-corrected chi connectivity index (χ4v) is 2.59. The zero-order valence-corrected chi connectivity index (χ0v) is 10.8. The molecule has 1 aromatic carbocycles. The van der Waals surface area contributed by atoms with Gasteiger partial charge in [0.15, 0.2) is 6.20 Å². The van der Waals surface area contributed by atoms with Crippen LogP contribution in [0.4, 0.5) is 5.69 Å². The summed E-state index contributed by atoms with van der Waals surface area (Å²) in [7, 11) is 1.83. The molecule has 3 aromatic rings. The zero-order valence-electron chi connectivity index (χ0n) is 10.0. The second kappa shape index (κ2) is 3.58. The standard InChI is InChI=1S/C12H10ClN5O/c1-18-3-4-2-5(12(16)19)17-10-6(4)11(18)9(15)7(13)8(10)14/h2-3H,1H3,(H5,14,15,16,19)/p+1. The maximum absolute atomic E-state index is 11.3. The molecule has 0 saturated carbocycles. The van der Waals surface area contributed by atoms with Gasteiger partial charge < -0.3 is 16.5 Å². The number of aromatic nitrogens is 2. The summed E-state index contributed by atoms with van der Waals surface area (Å²) < 4.78 is 1.82. The van der Waals surface area contributed by atoms with Crippen LogP contribution in [-0.4, -0.2) is 10.9 Å². The van der Waals surface area contributed by atoms with E-state index in [4.69, 9.17) is 28.5 Å². The average Bonchev–Trinajstić information content (AvgIpc) is 2.69. The van der Waals surface area contributed by atoms with E-state index in [-0.39, 0.29) is 16.1 Å². The number of nitrogens with two attached hydrogens (primary N) is 2. The lowest BCUT2D eigenvalue weighted by Crippen LogP contribution is -2.26. The number of rotatable bonds is 1. The third-order valence-electron chi connectivity index (χ3n) is 3.25. The third kappa shape index (κ3) is 1.40. The maximum atomic E-state index is 11.3. The van der Waals surface area contributed by atoms with Crippen LogP contribution in [0, 0.1) is 5.41 Å². The molecule has 0 saturated heterocycles. The Balaban J connectivity index is 2.69. The summed E-state index contributed by atoms with van der Waals surface area (Å²) >= 11 is 6.07. The summed E-state index contributed by atoms with van der Waals surface area (Å²) in [5.41, 5.74) is 13.0. The SMILES string of the molecule is C[n+]1cc2cc(C(N)=O)[nH]c3c(=N)c(Cl)c(N)c1c23. The fourth-order valence-electron chi connectivity index (χ4n) is 2.40. The molecule has 96 valence electrons. The number of primary amides is 1. The van der Waals surface area contributed by atoms with E-state index in [1.165, 1.54) is 0 Å². The molecule has 0 radical (unpaired) electrons. The smallest absolute Gasteiger partial charge is 0.265 e. The van der Waals surface area contributed by atoms with Crippen molar-refractivity contribution >= 4 is 45.0 Å². The predicted molar refractivity (Wildman–Crippen MR) is 72.0 cm³/mol. The van der Waals surface area contributed by atoms with Crippen molar-refractivity contribution in [2.75, 3.05) is 5.73 Å². The quantitative estimate of drug-likeness (QED) is 0.381. The fraction of sp³-hybridized carbons (Fsp3) is 0.0833. The van der Waals surface area contributed by atoms with Crippen molar-refractivity contribution in [3.63, 3.8) is 0 Å². The van der Waals surface area contributed by atoms with Crippen LogP contribution in [0.3, 0.4) is 0 Å². The minimum atomic E-state index is -0.588. The Labute approximate surface area is 112 Å². The van der Waals surface area contributed by atoms with Crippen LogP contribution in [-0.2, 0) is 7.05 Å². The minimum Gasteiger partial charge on any atom is -0.392 e. The first kappa shape index (κ1) is 11.7. The molecule has 2 aromatic heterocycles. The van der Waals surface area contributed by atoms with Crippen LogP contribution in [0.5, 0.6) is 0 Å². The number of benzene rings is 1. The van der Waals surface area contributed by atoms with Gasteiger partial charge in [0, 0.05) is 0 Å². The number of hydrogen-bond donors (Lipinski definition) is 4. The highest BCUT2D eigenvalue weighted by Gasteiger charge is 2.23. The Morgan fingerprint density at radius 2 is 2.21 bits per heavy atom. The number of amides is 1. The largest absolute Gasteiger partial charge is 0.392 e. The Morgan fingerprint density at radius 1 is 1.53 bits per heavy atom. The van der Waals surface area contributed by atoms with Gasteiger partial charge in [0.05, 0.1) is 26.7 Å². The van der Waals surface area contributed by atoms with Crippen molar-refractivity contribution in [2.24, 2.45) is 12.8 Å². The summed E-state index contributed by atoms with van der Waals surface area (Å²) in [6.07, 6.45) is 1.82. The van der Waals surface area contributed by atoms with E-state index in [1.54, 1.807) is 6.07 Å². The van der Waals surface area contributed by atoms with Crippen LogP contribution in [0.15, 0.2) is 12.3 Å². The minimum absolute atomic E-state index is 0.0611. The molecule has 0 aliphatic rings. The van der Waals surface area contributed by atoms with E-state index in [2.05, 4.69) is 4.98 Å². The number of anilines is 1. The molecule has 0 bridgehead atoms. The Bertz CT molecular complexity index is 898. The van der Waals surface area contributed by atoms with E-state index < -0.39 is 5.91 Å². The average molecular weight is 277 g/mol. The van der Waals surface area contributed by atoms with Crippen molar-refractivity contribution < 1.29 is 9.36 Å². The van der Waals surface area contributed by atoms with E-state index in [0.29, 0.717) is 11.2 Å². The van der Waals surface area contributed by atoms with Crippen LogP contribution in [0.25, 0.3) is 21.8 Å². The second-order valence-corrected chi connectivity index (χ2v) is 4.82. The van der Waals surface area contributed by atoms with Gasteiger partial charge >= 0.3 is 0 Å². The molecule has 0 aliphatic carbocycles. The molecule has 0 unspecified atom stereocenters. The molecule has 0 fully saturated rings. The first-order valence-electron chi connectivity index (χ1n) is 5.52. The van der Waals surface area contributed by atoms with Gasteiger partial charge in [-0.3, -0.25) is 10.2 Å². The van der Waals surface area contributed by atoms with Gasteiger partial charge in [0.2, 0.25) is 5.52 Å². The van der Waals surface area contributed by atoms with Crippen molar-refractivity contribution in [2.45, 2.75) is 0 Å². The molecule has 3 rings (SSSR count). The molecule has 0 aliphatic heterocycles. The number of nitrogens with zero attached hydrogens (tertiary/aromatic N) is 1. The molecular weight excluding hydrogens is 266 g/mol. The number of H-pyrrole nitrogens is 1. The van der Waals surface area contributed by atoms with E-state index in [0.717, 1.165) is 16.3 Å². The van der Waals surface area contributed by atoms with Gasteiger partial charge in [0.25, 0.3) is 5.91 Å². The second-order valence-electron chi connectivity index (χ2n) is 4.44. The molecule has 0 spiro atoms. The van der Waals surface area contributed by atoms with Crippen LogP contribution in [0.2, 0.25) is 5.02 Å². The van der Waals surface area contributed by atoms with E-state index >= 15 is 0 Å². The lowest BCUT2D eigenvalue weighted by Gasteiger charge is -2.04. The Morgan fingerprint density at radius 3 is 2.84 bits per heavy atom. The molecule has 19 heavy (non-hydrogen) atoms. The maximum Gasteiger partial charge on any atom is 0.265 e. The summed E-state index contributed by atoms with van der Waals surface area (Å²) in [5, 5.41) is 9.81. The van der Waals surface area contributed by atoms with Gasteiger partial charge in [-0.2, -0.15) is 4.57 Å². The monoisotopic (exact) mass is 276 g/mol. The summed E-state index contributed by atoms with van der Waals surface area (Å²) in [5.74, 6) is -0.588. The molecule has 6 N–H and O–H groups in total. The Hall–Kier alpha value is -2.34. The predicted octanol–water partition coefficient (Wildman–Crippen LogP) is 0.397. The van der Waals surface area contributed by atoms with Crippen LogP contribution in [0.1, 0.15) is 10.5 Å². The number of aryl methyl sites for hydroxylation is 1. The topological polar surface area (TPSA) is 113 Å². The molecule has 1 amide bonds. The van der Waals surface area contributed by atoms with E-state index in [9.17, 15) is 4.79 Å². The van der Waals surface area contributed by atoms with Gasteiger partial charge in [-0.05, 0) is 6.07 Å². The number of nitrogens with one attached hydrogen (secondary N) is 2. The van der Waals surface area contributed by atoms with Gasteiger partial charge in [0.1, 0.15) is 18.4 Å². The lowest BCUT2D eigenvalue weighted by atomic mass is 10.1. The van der Waals surface area contributed by atoms with Gasteiger partial charge in [-0.15, -0.1) is 0 Å². The molecule has 7 heteroatoms. The number of pyridine rings is 1. The number of halogens is 1. The normalized spacial score (nSPS) is 11.5. The van der Waals surface area contributed by atoms with E-state index in [1.807, 2.05) is 17.8 Å². The summed E-state index contributed by atoms with van der Waals surface area (Å²) in [6.45, 7) is 0. The van der Waals surface area contributed by atoms with Crippen molar-refractivity contribution in [3.8, 4) is 0 Å². The first-order chi connectivity index (χ1) is 8.91. The first-order valence-corrected chi connectivity index (χ1v) is 5.89. The summed E-state index contributed by atoms with van der Waals surface area (Å²) in [4.78, 5) is 14.2. The molecule has 0 atom stereocenters. The zero-order chi connectivity index (χ0) is 13.9.